The van der Waals surface area contributed by atoms with E-state index in [4.69, 9.17) is 0 Å². The number of fused-ring (bicyclic) bond motifs is 1. The van der Waals surface area contributed by atoms with Crippen LogP contribution in [-0.2, 0) is 0 Å². The van der Waals surface area contributed by atoms with Crippen molar-refractivity contribution < 1.29 is 0 Å². The summed E-state index contributed by atoms with van der Waals surface area (Å²) in [5.74, 6) is 0. The average molecular weight is 359 g/mol. The van der Waals surface area contributed by atoms with E-state index in [2.05, 4.69) is 22.2 Å². The lowest BCUT2D eigenvalue weighted by atomic mass is 10.0. The molecule has 0 aliphatic rings. The molecule has 0 aliphatic heterocycles. The van der Waals surface area contributed by atoms with Crippen molar-refractivity contribution in [3.63, 3.8) is 0 Å². The molecule has 2 heterocycles. The fourth-order valence-electron chi connectivity index (χ4n) is 2.83. The van der Waals surface area contributed by atoms with Gasteiger partial charge in [-0.2, -0.15) is 9.78 Å². The molecule has 2 aromatic heterocycles. The first kappa shape index (κ1) is 16.4. The fourth-order valence-corrected chi connectivity index (χ4v) is 3.82. The predicted octanol–water partition coefficient (Wildman–Crippen LogP) is 4.62. The zero-order valence-electron chi connectivity index (χ0n) is 14.5. The summed E-state index contributed by atoms with van der Waals surface area (Å²) in [6, 6.07) is 18.3. The molecule has 4 rings (SSSR count). The molecule has 0 amide bonds. The van der Waals surface area contributed by atoms with E-state index in [0.29, 0.717) is 5.39 Å². The van der Waals surface area contributed by atoms with Gasteiger partial charge in [-0.25, -0.2) is 4.98 Å². The molecule has 0 saturated carbocycles. The van der Waals surface area contributed by atoms with E-state index >= 15 is 0 Å². The SMILES string of the molecule is Cc1sc2ncn(/N=C/c3ccc(-c4ccccc4)cc3)c(=O)c2c1C. The van der Waals surface area contributed by atoms with Gasteiger partial charge in [-0.1, -0.05) is 54.6 Å². The highest BCUT2D eigenvalue weighted by Gasteiger charge is 2.11. The highest BCUT2D eigenvalue weighted by molar-refractivity contribution is 7.18. The number of nitrogens with zero attached hydrogens (tertiary/aromatic N) is 3. The maximum absolute atomic E-state index is 12.6. The summed E-state index contributed by atoms with van der Waals surface area (Å²) in [5, 5.41) is 4.96. The van der Waals surface area contributed by atoms with Crippen molar-refractivity contribution >= 4 is 27.8 Å². The Morgan fingerprint density at radius 2 is 1.69 bits per heavy atom. The molecule has 0 saturated heterocycles. The van der Waals surface area contributed by atoms with Crippen LogP contribution < -0.4 is 5.56 Å². The highest BCUT2D eigenvalue weighted by atomic mass is 32.1. The van der Waals surface area contributed by atoms with Gasteiger partial charge in [0.05, 0.1) is 11.6 Å². The molecule has 0 N–H and O–H groups in total. The Kier molecular flexibility index (Phi) is 4.22. The quantitative estimate of drug-likeness (QED) is 0.501. The standard InChI is InChI=1S/C21H17N3OS/c1-14-15(2)26-20-19(14)21(25)24(13-22-20)23-12-16-8-10-18(11-9-16)17-6-4-3-5-7-17/h3-13H,1-2H3/b23-12+. The first-order valence-electron chi connectivity index (χ1n) is 8.30. The van der Waals surface area contributed by atoms with Gasteiger partial charge < -0.3 is 0 Å². The third kappa shape index (κ3) is 2.97. The van der Waals surface area contributed by atoms with E-state index in [-0.39, 0.29) is 5.56 Å². The Morgan fingerprint density at radius 3 is 2.42 bits per heavy atom. The molecule has 0 atom stereocenters. The second-order valence-corrected chi connectivity index (χ2v) is 7.29. The van der Waals surface area contributed by atoms with E-state index in [1.165, 1.54) is 27.9 Å². The smallest absolute Gasteiger partial charge is 0.267 e. The van der Waals surface area contributed by atoms with Gasteiger partial charge in [0, 0.05) is 4.88 Å². The minimum absolute atomic E-state index is 0.131. The summed E-state index contributed by atoms with van der Waals surface area (Å²) in [4.78, 5) is 18.9. The van der Waals surface area contributed by atoms with Crippen LogP contribution in [0.4, 0.5) is 0 Å². The zero-order chi connectivity index (χ0) is 18.1. The number of aryl methyl sites for hydroxylation is 2. The molecule has 4 nitrogen and oxygen atoms in total. The molecule has 0 bridgehead atoms. The van der Waals surface area contributed by atoms with Crippen LogP contribution in [0.15, 0.2) is 70.8 Å². The van der Waals surface area contributed by atoms with Crippen LogP contribution >= 0.6 is 11.3 Å². The molecule has 0 radical (unpaired) electrons. The maximum atomic E-state index is 12.6. The Balaban J connectivity index is 1.64. The summed E-state index contributed by atoms with van der Waals surface area (Å²) in [7, 11) is 0. The van der Waals surface area contributed by atoms with Crippen molar-refractivity contribution in [2.45, 2.75) is 13.8 Å². The van der Waals surface area contributed by atoms with Crippen molar-refractivity contribution in [2.75, 3.05) is 0 Å². The molecule has 2 aromatic carbocycles. The molecule has 26 heavy (non-hydrogen) atoms. The molecule has 0 spiro atoms. The van der Waals surface area contributed by atoms with Gasteiger partial charge in [0.25, 0.3) is 5.56 Å². The van der Waals surface area contributed by atoms with Gasteiger partial charge in [-0.05, 0) is 36.1 Å². The molecule has 0 unspecified atom stereocenters. The number of rotatable bonds is 3. The number of aromatic nitrogens is 2. The minimum Gasteiger partial charge on any atom is -0.267 e. The monoisotopic (exact) mass is 359 g/mol. The molecule has 128 valence electrons. The van der Waals surface area contributed by atoms with E-state index in [1.54, 1.807) is 6.21 Å². The number of benzene rings is 2. The van der Waals surface area contributed by atoms with Gasteiger partial charge in [-0.15, -0.1) is 11.3 Å². The second-order valence-electron chi connectivity index (χ2n) is 6.09. The van der Waals surface area contributed by atoms with Crippen molar-refractivity contribution in [3.05, 3.63) is 87.3 Å². The van der Waals surface area contributed by atoms with Gasteiger partial charge >= 0.3 is 0 Å². The van der Waals surface area contributed by atoms with Crippen LogP contribution in [0.5, 0.6) is 0 Å². The largest absolute Gasteiger partial charge is 0.282 e. The second kappa shape index (κ2) is 6.69. The molecular weight excluding hydrogens is 342 g/mol. The first-order valence-corrected chi connectivity index (χ1v) is 9.12. The molecular formula is C21H17N3OS. The van der Waals surface area contributed by atoms with Gasteiger partial charge in [0.15, 0.2) is 0 Å². The van der Waals surface area contributed by atoms with E-state index in [9.17, 15) is 4.79 Å². The third-order valence-electron chi connectivity index (χ3n) is 4.42. The average Bonchev–Trinajstić information content (AvgIpc) is 2.97. The van der Waals surface area contributed by atoms with Crippen LogP contribution in [0, 0.1) is 13.8 Å². The van der Waals surface area contributed by atoms with Crippen molar-refractivity contribution in [2.24, 2.45) is 5.10 Å². The molecule has 5 heteroatoms. The van der Waals surface area contributed by atoms with Gasteiger partial charge in [0.2, 0.25) is 0 Å². The van der Waals surface area contributed by atoms with Crippen LogP contribution in [0.1, 0.15) is 16.0 Å². The maximum Gasteiger partial charge on any atom is 0.282 e. The van der Waals surface area contributed by atoms with Crippen LogP contribution in [0.2, 0.25) is 0 Å². The van der Waals surface area contributed by atoms with Crippen molar-refractivity contribution in [1.29, 1.82) is 0 Å². The Morgan fingerprint density at radius 1 is 1.00 bits per heavy atom. The van der Waals surface area contributed by atoms with Crippen molar-refractivity contribution in [3.8, 4) is 11.1 Å². The lowest BCUT2D eigenvalue weighted by Gasteiger charge is -2.02. The Labute approximate surface area is 155 Å². The Bertz CT molecular complexity index is 1160. The molecule has 4 aromatic rings. The van der Waals surface area contributed by atoms with Crippen LogP contribution in [0.25, 0.3) is 21.3 Å². The lowest BCUT2D eigenvalue weighted by Crippen LogP contribution is -2.16. The summed E-state index contributed by atoms with van der Waals surface area (Å²) in [5.41, 5.74) is 4.10. The summed E-state index contributed by atoms with van der Waals surface area (Å²) in [6.45, 7) is 3.95. The minimum atomic E-state index is -0.131. The summed E-state index contributed by atoms with van der Waals surface area (Å²) in [6.07, 6.45) is 3.16. The number of thiophene rings is 1. The fraction of sp³-hybridized carbons (Fsp3) is 0.0952. The molecule has 0 aliphatic carbocycles. The van der Waals surface area contributed by atoms with Crippen LogP contribution in [0.3, 0.4) is 0 Å². The number of hydrogen-bond donors (Lipinski definition) is 0. The van der Waals surface area contributed by atoms with Gasteiger partial charge in [0.1, 0.15) is 11.2 Å². The zero-order valence-corrected chi connectivity index (χ0v) is 15.3. The predicted molar refractivity (Wildman–Crippen MR) is 108 cm³/mol. The number of hydrogen-bond acceptors (Lipinski definition) is 4. The van der Waals surface area contributed by atoms with Crippen molar-refractivity contribution in [1.82, 2.24) is 9.66 Å². The topological polar surface area (TPSA) is 47.2 Å². The molecule has 0 fully saturated rings. The van der Waals surface area contributed by atoms with E-state index in [0.717, 1.165) is 26.4 Å². The van der Waals surface area contributed by atoms with Crippen LogP contribution in [-0.4, -0.2) is 15.9 Å². The summed E-state index contributed by atoms with van der Waals surface area (Å²) < 4.78 is 1.30. The summed E-state index contributed by atoms with van der Waals surface area (Å²) >= 11 is 1.54. The highest BCUT2D eigenvalue weighted by Crippen LogP contribution is 2.25. The normalized spacial score (nSPS) is 11.5. The third-order valence-corrected chi connectivity index (χ3v) is 5.54. The van der Waals surface area contributed by atoms with E-state index in [1.807, 2.05) is 56.3 Å². The van der Waals surface area contributed by atoms with E-state index < -0.39 is 0 Å². The lowest BCUT2D eigenvalue weighted by molar-refractivity contribution is 0.818. The van der Waals surface area contributed by atoms with Gasteiger partial charge in [-0.3, -0.25) is 4.79 Å². The first-order chi connectivity index (χ1) is 12.6. The Hall–Kier alpha value is -3.05.